The summed E-state index contributed by atoms with van der Waals surface area (Å²) in [5.74, 6) is 0. The van der Waals surface area contributed by atoms with E-state index in [4.69, 9.17) is 0 Å². The van der Waals surface area contributed by atoms with Gasteiger partial charge in [-0.25, -0.2) is 0 Å². The molecule has 4 nitrogen and oxygen atoms in total. The van der Waals surface area contributed by atoms with Crippen molar-refractivity contribution in [2.24, 2.45) is 0 Å². The summed E-state index contributed by atoms with van der Waals surface area (Å²) >= 11 is 0. The lowest BCUT2D eigenvalue weighted by Gasteiger charge is -2.31. The Labute approximate surface area is 107 Å². The number of nitrogens with zero attached hydrogens (tertiary/aromatic N) is 4. The van der Waals surface area contributed by atoms with Crippen LogP contribution in [0.25, 0.3) is 0 Å². The molecule has 0 unspecified atom stereocenters. The molecule has 0 atom stereocenters. The minimum Gasteiger partial charge on any atom is -0.304 e. The largest absolute Gasteiger partial charge is 0.304 e. The van der Waals surface area contributed by atoms with Crippen LogP contribution in [0.5, 0.6) is 0 Å². The molecule has 0 aromatic heterocycles. The molecule has 4 heteroatoms. The van der Waals surface area contributed by atoms with E-state index in [0.29, 0.717) is 0 Å². The lowest BCUT2D eigenvalue weighted by Crippen LogP contribution is -2.44. The number of piperazine rings is 2. The SMILES string of the molecule is CCN1CCN(C)CC1.CN1CCN(C)CC1. The summed E-state index contributed by atoms with van der Waals surface area (Å²) in [6.07, 6.45) is 0. The fraction of sp³-hybridized carbons (Fsp3) is 1.00. The summed E-state index contributed by atoms with van der Waals surface area (Å²) in [4.78, 5) is 9.59. The predicted octanol–water partition coefficient (Wildman–Crippen LogP) is 0.117. The first-order valence-corrected chi connectivity index (χ1v) is 6.89. The van der Waals surface area contributed by atoms with Gasteiger partial charge in [0, 0.05) is 52.4 Å². The average molecular weight is 242 g/mol. The summed E-state index contributed by atoms with van der Waals surface area (Å²) in [7, 11) is 6.53. The van der Waals surface area contributed by atoms with Gasteiger partial charge in [0.25, 0.3) is 0 Å². The monoisotopic (exact) mass is 242 g/mol. The van der Waals surface area contributed by atoms with Crippen LogP contribution in [-0.4, -0.2) is 99.6 Å². The Kier molecular flexibility index (Phi) is 7.04. The van der Waals surface area contributed by atoms with Crippen LogP contribution in [-0.2, 0) is 0 Å². The van der Waals surface area contributed by atoms with Crippen molar-refractivity contribution in [3.63, 3.8) is 0 Å². The van der Waals surface area contributed by atoms with Crippen molar-refractivity contribution in [2.75, 3.05) is 80.0 Å². The highest BCUT2D eigenvalue weighted by Crippen LogP contribution is 1.96. The minimum atomic E-state index is 1.22. The molecule has 0 N–H and O–H groups in total. The first kappa shape index (κ1) is 14.9. The van der Waals surface area contributed by atoms with E-state index >= 15 is 0 Å². The third-order valence-corrected chi connectivity index (χ3v) is 3.77. The maximum atomic E-state index is 2.49. The fourth-order valence-corrected chi connectivity index (χ4v) is 2.07. The maximum absolute atomic E-state index is 2.49. The van der Waals surface area contributed by atoms with Crippen molar-refractivity contribution in [1.82, 2.24) is 19.6 Å². The number of likely N-dealkylation sites (N-methyl/N-ethyl adjacent to an activating group) is 4. The maximum Gasteiger partial charge on any atom is 0.0110 e. The normalized spacial score (nSPS) is 25.4. The van der Waals surface area contributed by atoms with Crippen LogP contribution in [0.1, 0.15) is 6.92 Å². The third kappa shape index (κ3) is 6.36. The highest BCUT2D eigenvalue weighted by molar-refractivity contribution is 4.67. The summed E-state index contributed by atoms with van der Waals surface area (Å²) in [6.45, 7) is 13.4. The average Bonchev–Trinajstić information content (AvgIpc) is 2.35. The summed E-state index contributed by atoms with van der Waals surface area (Å²) in [5, 5.41) is 0. The first-order chi connectivity index (χ1) is 8.11. The third-order valence-electron chi connectivity index (χ3n) is 3.77. The van der Waals surface area contributed by atoms with Gasteiger partial charge >= 0.3 is 0 Å². The quantitative estimate of drug-likeness (QED) is 0.647. The lowest BCUT2D eigenvalue weighted by atomic mass is 10.3. The smallest absolute Gasteiger partial charge is 0.0110 e. The number of hydrogen-bond acceptors (Lipinski definition) is 4. The Hall–Kier alpha value is -0.160. The van der Waals surface area contributed by atoms with Crippen molar-refractivity contribution in [3.8, 4) is 0 Å². The zero-order valence-corrected chi connectivity index (χ0v) is 12.2. The second-order valence-electron chi connectivity index (χ2n) is 5.34. The van der Waals surface area contributed by atoms with Crippen molar-refractivity contribution < 1.29 is 0 Å². The van der Waals surface area contributed by atoms with E-state index in [9.17, 15) is 0 Å². The van der Waals surface area contributed by atoms with Gasteiger partial charge in [0.2, 0.25) is 0 Å². The van der Waals surface area contributed by atoms with E-state index in [1.165, 1.54) is 58.9 Å². The number of rotatable bonds is 1. The molecule has 2 rings (SSSR count). The Morgan fingerprint density at radius 1 is 0.588 bits per heavy atom. The second-order valence-corrected chi connectivity index (χ2v) is 5.34. The van der Waals surface area contributed by atoms with Crippen LogP contribution in [0, 0.1) is 0 Å². The van der Waals surface area contributed by atoms with Gasteiger partial charge in [-0.2, -0.15) is 0 Å². The molecule has 0 aliphatic carbocycles. The summed E-state index contributed by atoms with van der Waals surface area (Å²) < 4.78 is 0. The van der Waals surface area contributed by atoms with Crippen molar-refractivity contribution in [3.05, 3.63) is 0 Å². The van der Waals surface area contributed by atoms with Crippen LogP contribution in [0.15, 0.2) is 0 Å². The van der Waals surface area contributed by atoms with Gasteiger partial charge in [0.05, 0.1) is 0 Å². The molecule has 0 aromatic carbocycles. The Bertz CT molecular complexity index is 172. The van der Waals surface area contributed by atoms with Crippen LogP contribution in [0.2, 0.25) is 0 Å². The molecule has 0 bridgehead atoms. The number of hydrogen-bond donors (Lipinski definition) is 0. The van der Waals surface area contributed by atoms with Gasteiger partial charge < -0.3 is 19.6 Å². The summed E-state index contributed by atoms with van der Waals surface area (Å²) in [6, 6.07) is 0. The minimum absolute atomic E-state index is 1.22. The molecule has 102 valence electrons. The van der Waals surface area contributed by atoms with Crippen molar-refractivity contribution in [1.29, 1.82) is 0 Å². The molecule has 0 aromatic rings. The van der Waals surface area contributed by atoms with Gasteiger partial charge in [-0.3, -0.25) is 0 Å². The van der Waals surface area contributed by atoms with Gasteiger partial charge in [-0.15, -0.1) is 0 Å². The molecule has 0 spiro atoms. The molecule has 0 saturated carbocycles. The summed E-state index contributed by atoms with van der Waals surface area (Å²) in [5.41, 5.74) is 0. The molecule has 17 heavy (non-hydrogen) atoms. The molecule has 2 fully saturated rings. The van der Waals surface area contributed by atoms with Gasteiger partial charge in [0.15, 0.2) is 0 Å². The van der Waals surface area contributed by atoms with Crippen LogP contribution < -0.4 is 0 Å². The zero-order chi connectivity index (χ0) is 12.7. The molecular formula is C13H30N4. The van der Waals surface area contributed by atoms with E-state index in [-0.39, 0.29) is 0 Å². The van der Waals surface area contributed by atoms with E-state index < -0.39 is 0 Å². The molecule has 0 amide bonds. The van der Waals surface area contributed by atoms with Crippen molar-refractivity contribution >= 4 is 0 Å². The molecule has 2 heterocycles. The topological polar surface area (TPSA) is 13.0 Å². The fourth-order valence-electron chi connectivity index (χ4n) is 2.07. The standard InChI is InChI=1S/C7H16N2.C6H14N2/c1-3-9-6-4-8(2)5-7-9;1-7-3-5-8(2)6-4-7/h3-7H2,1-2H3;3-6H2,1-2H3. The van der Waals surface area contributed by atoms with E-state index in [0.717, 1.165) is 0 Å². The highest BCUT2D eigenvalue weighted by Gasteiger charge is 2.10. The molecule has 0 radical (unpaired) electrons. The lowest BCUT2D eigenvalue weighted by molar-refractivity contribution is 0.160. The molecular weight excluding hydrogens is 212 g/mol. The van der Waals surface area contributed by atoms with Gasteiger partial charge in [0.1, 0.15) is 0 Å². The van der Waals surface area contributed by atoms with E-state index in [1.807, 2.05) is 0 Å². The highest BCUT2D eigenvalue weighted by atomic mass is 15.2. The van der Waals surface area contributed by atoms with Crippen molar-refractivity contribution in [2.45, 2.75) is 6.92 Å². The van der Waals surface area contributed by atoms with E-state index in [1.54, 1.807) is 0 Å². The van der Waals surface area contributed by atoms with Crippen LogP contribution in [0.3, 0.4) is 0 Å². The first-order valence-electron chi connectivity index (χ1n) is 6.89. The van der Waals surface area contributed by atoms with Gasteiger partial charge in [-0.1, -0.05) is 6.92 Å². The molecule has 2 saturated heterocycles. The second kappa shape index (κ2) is 8.03. The Morgan fingerprint density at radius 3 is 1.18 bits per heavy atom. The Morgan fingerprint density at radius 2 is 0.882 bits per heavy atom. The van der Waals surface area contributed by atoms with Crippen LogP contribution >= 0.6 is 0 Å². The molecule has 2 aliphatic heterocycles. The van der Waals surface area contributed by atoms with Crippen LogP contribution in [0.4, 0.5) is 0 Å². The molecule has 2 aliphatic rings. The van der Waals surface area contributed by atoms with Gasteiger partial charge in [-0.05, 0) is 27.7 Å². The zero-order valence-electron chi connectivity index (χ0n) is 12.2. The Balaban J connectivity index is 0.000000171. The predicted molar refractivity (Wildman–Crippen MR) is 74.6 cm³/mol. The van der Waals surface area contributed by atoms with E-state index in [2.05, 4.69) is 47.7 Å².